The zero-order valence-corrected chi connectivity index (χ0v) is 15.0. The van der Waals surface area contributed by atoms with E-state index in [1.807, 2.05) is 6.20 Å². The molecule has 0 saturated carbocycles. The summed E-state index contributed by atoms with van der Waals surface area (Å²) in [5.74, 6) is 1.90. The molecule has 2 aromatic heterocycles. The molecule has 0 amide bonds. The summed E-state index contributed by atoms with van der Waals surface area (Å²) in [6.45, 7) is 6.39. The second kappa shape index (κ2) is 6.37. The minimum atomic E-state index is 0.331. The van der Waals surface area contributed by atoms with Gasteiger partial charge in [-0.15, -0.1) is 0 Å². The number of anilines is 1. The number of benzene rings is 1. The summed E-state index contributed by atoms with van der Waals surface area (Å²) in [5, 5.41) is 4.63. The molecule has 6 nitrogen and oxygen atoms in total. The van der Waals surface area contributed by atoms with Gasteiger partial charge in [0, 0.05) is 41.3 Å². The Morgan fingerprint density at radius 2 is 2.19 bits per heavy atom. The molecule has 134 valence electrons. The Hall–Kier alpha value is -2.44. The molecule has 1 saturated heterocycles. The normalized spacial score (nSPS) is 20.3. The Kier molecular flexibility index (Phi) is 3.87. The lowest BCUT2D eigenvalue weighted by Crippen LogP contribution is -2.45. The maximum absolute atomic E-state index is 5.63. The number of rotatable bonds is 2. The number of nitrogens with zero attached hydrogens (tertiary/aromatic N) is 3. The van der Waals surface area contributed by atoms with Crippen LogP contribution in [-0.4, -0.2) is 47.3 Å². The summed E-state index contributed by atoms with van der Waals surface area (Å²) in [5.41, 5.74) is 4.62. The van der Waals surface area contributed by atoms with E-state index in [2.05, 4.69) is 46.4 Å². The molecule has 1 fully saturated rings. The first-order chi connectivity index (χ1) is 12.8. The van der Waals surface area contributed by atoms with E-state index in [0.29, 0.717) is 6.04 Å². The van der Waals surface area contributed by atoms with Gasteiger partial charge < -0.3 is 19.9 Å². The zero-order chi connectivity index (χ0) is 17.5. The van der Waals surface area contributed by atoms with Crippen molar-refractivity contribution in [2.24, 2.45) is 0 Å². The van der Waals surface area contributed by atoms with Crippen molar-refractivity contribution in [2.45, 2.75) is 25.9 Å². The number of hydrogen-bond donors (Lipinski definition) is 2. The molecule has 4 heterocycles. The first-order valence-corrected chi connectivity index (χ1v) is 9.32. The van der Waals surface area contributed by atoms with E-state index in [1.54, 1.807) is 0 Å². The van der Waals surface area contributed by atoms with Gasteiger partial charge in [-0.25, -0.2) is 9.97 Å². The molecule has 26 heavy (non-hydrogen) atoms. The summed E-state index contributed by atoms with van der Waals surface area (Å²) >= 11 is 0. The van der Waals surface area contributed by atoms with Gasteiger partial charge in [-0.3, -0.25) is 0 Å². The first-order valence-electron chi connectivity index (χ1n) is 9.32. The molecule has 1 atom stereocenters. The fraction of sp³-hybridized carbons (Fsp3) is 0.400. The van der Waals surface area contributed by atoms with Crippen molar-refractivity contribution in [1.82, 2.24) is 20.3 Å². The molecule has 0 spiro atoms. The average molecular weight is 349 g/mol. The van der Waals surface area contributed by atoms with Gasteiger partial charge in [-0.05, 0) is 44.2 Å². The number of aromatic amines is 1. The fourth-order valence-corrected chi connectivity index (χ4v) is 3.94. The number of aromatic nitrogens is 3. The summed E-state index contributed by atoms with van der Waals surface area (Å²) < 4.78 is 5.63. The van der Waals surface area contributed by atoms with Crippen molar-refractivity contribution >= 4 is 16.7 Å². The molecular weight excluding hydrogens is 326 g/mol. The third-order valence-corrected chi connectivity index (χ3v) is 5.37. The van der Waals surface area contributed by atoms with Crippen LogP contribution >= 0.6 is 0 Å². The molecule has 0 aliphatic carbocycles. The molecule has 2 aliphatic heterocycles. The van der Waals surface area contributed by atoms with Gasteiger partial charge >= 0.3 is 0 Å². The van der Waals surface area contributed by atoms with Crippen LogP contribution in [0.5, 0.6) is 0 Å². The highest BCUT2D eigenvalue weighted by atomic mass is 16.5. The number of H-pyrrole nitrogens is 1. The molecule has 0 bridgehead atoms. The minimum absolute atomic E-state index is 0.331. The van der Waals surface area contributed by atoms with Crippen molar-refractivity contribution in [3.63, 3.8) is 0 Å². The number of hydrogen-bond acceptors (Lipinski definition) is 5. The van der Waals surface area contributed by atoms with Crippen molar-refractivity contribution in [2.75, 3.05) is 31.2 Å². The van der Waals surface area contributed by atoms with Gasteiger partial charge in [-0.1, -0.05) is 0 Å². The predicted molar refractivity (Wildman–Crippen MR) is 102 cm³/mol. The standard InChI is InChI=1S/C20H23N5O/c1-13-12-26-9-8-25(13)20-16-5-6-21-11-18(16)23-19(24-20)15-2-3-17-14(10-15)4-7-22-17/h2-4,7,10,13,21-22H,5-6,8-9,11-12H2,1H3. The van der Waals surface area contributed by atoms with Gasteiger partial charge in [0.05, 0.1) is 24.9 Å². The third-order valence-electron chi connectivity index (χ3n) is 5.37. The molecule has 2 N–H and O–H groups in total. The molecule has 1 aromatic carbocycles. The molecular formula is C20H23N5O. The highest BCUT2D eigenvalue weighted by Gasteiger charge is 2.27. The molecule has 2 aliphatic rings. The Morgan fingerprint density at radius 1 is 1.23 bits per heavy atom. The molecule has 3 aromatic rings. The second-order valence-corrected chi connectivity index (χ2v) is 7.12. The highest BCUT2D eigenvalue weighted by molar-refractivity contribution is 5.84. The van der Waals surface area contributed by atoms with Gasteiger partial charge in [0.1, 0.15) is 5.82 Å². The van der Waals surface area contributed by atoms with Gasteiger partial charge in [-0.2, -0.15) is 0 Å². The fourth-order valence-electron chi connectivity index (χ4n) is 3.94. The summed E-state index contributed by atoms with van der Waals surface area (Å²) in [6, 6.07) is 8.78. The quantitative estimate of drug-likeness (QED) is 0.744. The smallest absolute Gasteiger partial charge is 0.161 e. The largest absolute Gasteiger partial charge is 0.377 e. The SMILES string of the molecule is CC1COCCN1c1nc(-c2ccc3[nH]ccc3c2)nc2c1CCNC2. The summed E-state index contributed by atoms with van der Waals surface area (Å²) in [6.07, 6.45) is 2.94. The van der Waals surface area contributed by atoms with Crippen LogP contribution < -0.4 is 10.2 Å². The monoisotopic (exact) mass is 349 g/mol. The van der Waals surface area contributed by atoms with E-state index >= 15 is 0 Å². The maximum Gasteiger partial charge on any atom is 0.161 e. The Balaban J connectivity index is 1.64. The van der Waals surface area contributed by atoms with Gasteiger partial charge in [0.2, 0.25) is 0 Å². The van der Waals surface area contributed by atoms with Crippen LogP contribution in [0.15, 0.2) is 30.5 Å². The van der Waals surface area contributed by atoms with Crippen LogP contribution in [0.25, 0.3) is 22.3 Å². The Morgan fingerprint density at radius 3 is 3.12 bits per heavy atom. The van der Waals surface area contributed by atoms with Crippen molar-refractivity contribution in [3.05, 3.63) is 41.7 Å². The van der Waals surface area contributed by atoms with Crippen LogP contribution in [-0.2, 0) is 17.7 Å². The lowest BCUT2D eigenvalue weighted by atomic mass is 10.0. The maximum atomic E-state index is 5.63. The van der Waals surface area contributed by atoms with Crippen LogP contribution in [0.1, 0.15) is 18.2 Å². The zero-order valence-electron chi connectivity index (χ0n) is 15.0. The number of nitrogens with one attached hydrogen (secondary N) is 2. The third kappa shape index (κ3) is 2.66. The van der Waals surface area contributed by atoms with Crippen LogP contribution in [0.3, 0.4) is 0 Å². The van der Waals surface area contributed by atoms with E-state index in [-0.39, 0.29) is 0 Å². The lowest BCUT2D eigenvalue weighted by Gasteiger charge is -2.36. The summed E-state index contributed by atoms with van der Waals surface area (Å²) in [7, 11) is 0. The molecule has 1 unspecified atom stereocenters. The minimum Gasteiger partial charge on any atom is -0.377 e. The number of ether oxygens (including phenoxy) is 1. The lowest BCUT2D eigenvalue weighted by molar-refractivity contribution is 0.0984. The average Bonchev–Trinajstić information content (AvgIpc) is 3.15. The molecule has 6 heteroatoms. The van der Waals surface area contributed by atoms with Crippen LogP contribution in [0, 0.1) is 0 Å². The predicted octanol–water partition coefficient (Wildman–Crippen LogP) is 2.50. The van der Waals surface area contributed by atoms with Crippen LogP contribution in [0.2, 0.25) is 0 Å². The Labute approximate surface area is 152 Å². The van der Waals surface area contributed by atoms with Crippen molar-refractivity contribution < 1.29 is 4.74 Å². The van der Waals surface area contributed by atoms with E-state index in [4.69, 9.17) is 14.7 Å². The highest BCUT2D eigenvalue weighted by Crippen LogP contribution is 2.30. The van der Waals surface area contributed by atoms with E-state index in [9.17, 15) is 0 Å². The topological polar surface area (TPSA) is 66.1 Å². The van der Waals surface area contributed by atoms with Crippen molar-refractivity contribution in [3.8, 4) is 11.4 Å². The number of fused-ring (bicyclic) bond motifs is 2. The number of morpholine rings is 1. The summed E-state index contributed by atoms with van der Waals surface area (Å²) in [4.78, 5) is 15.6. The van der Waals surface area contributed by atoms with Crippen molar-refractivity contribution in [1.29, 1.82) is 0 Å². The van der Waals surface area contributed by atoms with Gasteiger partial charge in [0.15, 0.2) is 5.82 Å². The molecule has 5 rings (SSSR count). The Bertz CT molecular complexity index is 951. The van der Waals surface area contributed by atoms with E-state index in [1.165, 1.54) is 10.9 Å². The van der Waals surface area contributed by atoms with Gasteiger partial charge in [0.25, 0.3) is 0 Å². The first kappa shape index (κ1) is 15.8. The van der Waals surface area contributed by atoms with E-state index < -0.39 is 0 Å². The molecule has 0 radical (unpaired) electrons. The van der Waals surface area contributed by atoms with Crippen LogP contribution in [0.4, 0.5) is 5.82 Å². The van der Waals surface area contributed by atoms with E-state index in [0.717, 1.165) is 67.7 Å². The second-order valence-electron chi connectivity index (χ2n) is 7.12.